The smallest absolute Gasteiger partial charge is 0.335 e. The molecule has 2 nitrogen and oxygen atoms in total. The molecule has 0 aromatic heterocycles. The number of hydrogen-bond acceptors (Lipinski definition) is 1. The molecule has 0 bridgehead atoms. The van der Waals surface area contributed by atoms with E-state index in [9.17, 15) is 4.79 Å². The number of aliphatic carboxylic acids is 1. The standard InChI is InChI=1S/C8H12O2/c1-3-5-7(6-4-2)8(9)10/h3,5-6H,4H2,1-2H3,(H,9,10)/b5-3-,7-6+. The second-order valence-corrected chi connectivity index (χ2v) is 1.87. The summed E-state index contributed by atoms with van der Waals surface area (Å²) in [6, 6.07) is 0. The number of carboxylic acids is 1. The van der Waals surface area contributed by atoms with Gasteiger partial charge in [0.25, 0.3) is 0 Å². The summed E-state index contributed by atoms with van der Waals surface area (Å²) in [5.41, 5.74) is 0.366. The predicted octanol–water partition coefficient (Wildman–Crippen LogP) is 1.98. The number of allylic oxidation sites excluding steroid dienone is 2. The Bertz CT molecular complexity index is 166. The topological polar surface area (TPSA) is 37.3 Å². The van der Waals surface area contributed by atoms with E-state index in [1.165, 1.54) is 0 Å². The first-order valence-electron chi connectivity index (χ1n) is 3.28. The van der Waals surface area contributed by atoms with Crippen LogP contribution in [0, 0.1) is 0 Å². The average Bonchev–Trinajstić information content (AvgIpc) is 1.87. The first kappa shape index (κ1) is 8.95. The fourth-order valence-corrected chi connectivity index (χ4v) is 0.626. The zero-order chi connectivity index (χ0) is 7.98. The maximum atomic E-state index is 10.4. The van der Waals surface area contributed by atoms with Gasteiger partial charge in [0.1, 0.15) is 0 Å². The SMILES string of the molecule is C/C=C\C(=C/CC)C(=O)O. The third-order valence-electron chi connectivity index (χ3n) is 1.02. The molecule has 2 heteroatoms. The van der Waals surface area contributed by atoms with Crippen molar-refractivity contribution >= 4 is 5.97 Å². The van der Waals surface area contributed by atoms with E-state index in [0.29, 0.717) is 5.57 Å². The highest BCUT2D eigenvalue weighted by Crippen LogP contribution is 1.98. The Kier molecular flexibility index (Phi) is 4.29. The van der Waals surface area contributed by atoms with Crippen molar-refractivity contribution in [1.29, 1.82) is 0 Å². The van der Waals surface area contributed by atoms with E-state index in [2.05, 4.69) is 0 Å². The van der Waals surface area contributed by atoms with Gasteiger partial charge in [-0.3, -0.25) is 0 Å². The van der Waals surface area contributed by atoms with Gasteiger partial charge in [0.05, 0.1) is 5.57 Å². The lowest BCUT2D eigenvalue weighted by Crippen LogP contribution is -1.96. The molecule has 0 atom stereocenters. The van der Waals surface area contributed by atoms with Crippen LogP contribution in [0.5, 0.6) is 0 Å². The van der Waals surface area contributed by atoms with Crippen molar-refractivity contribution in [2.75, 3.05) is 0 Å². The van der Waals surface area contributed by atoms with E-state index in [1.54, 1.807) is 25.2 Å². The predicted molar refractivity (Wildman–Crippen MR) is 40.8 cm³/mol. The summed E-state index contributed by atoms with van der Waals surface area (Å²) >= 11 is 0. The highest BCUT2D eigenvalue weighted by atomic mass is 16.4. The van der Waals surface area contributed by atoms with E-state index in [-0.39, 0.29) is 0 Å². The van der Waals surface area contributed by atoms with Crippen LogP contribution in [0.2, 0.25) is 0 Å². The van der Waals surface area contributed by atoms with Crippen LogP contribution in [0.25, 0.3) is 0 Å². The first-order chi connectivity index (χ1) is 4.72. The first-order valence-corrected chi connectivity index (χ1v) is 3.28. The average molecular weight is 140 g/mol. The fourth-order valence-electron chi connectivity index (χ4n) is 0.626. The largest absolute Gasteiger partial charge is 0.478 e. The Hall–Kier alpha value is -1.05. The lowest BCUT2D eigenvalue weighted by atomic mass is 10.2. The van der Waals surface area contributed by atoms with Crippen LogP contribution in [0.15, 0.2) is 23.8 Å². The van der Waals surface area contributed by atoms with E-state index < -0.39 is 5.97 Å². The van der Waals surface area contributed by atoms with Gasteiger partial charge in [-0.25, -0.2) is 4.79 Å². The van der Waals surface area contributed by atoms with Crippen LogP contribution in [-0.2, 0) is 4.79 Å². The molecule has 0 aromatic rings. The number of carboxylic acid groups (broad SMARTS) is 1. The number of carbonyl (C=O) groups is 1. The van der Waals surface area contributed by atoms with Gasteiger partial charge >= 0.3 is 5.97 Å². The van der Waals surface area contributed by atoms with Gasteiger partial charge in [-0.1, -0.05) is 25.2 Å². The lowest BCUT2D eigenvalue weighted by molar-refractivity contribution is -0.132. The van der Waals surface area contributed by atoms with Gasteiger partial charge in [0, 0.05) is 0 Å². The maximum Gasteiger partial charge on any atom is 0.335 e. The summed E-state index contributed by atoms with van der Waals surface area (Å²) in [6.07, 6.45) is 5.75. The maximum absolute atomic E-state index is 10.4. The second-order valence-electron chi connectivity index (χ2n) is 1.87. The Labute approximate surface area is 60.9 Å². The minimum atomic E-state index is -0.861. The summed E-state index contributed by atoms with van der Waals surface area (Å²) in [7, 11) is 0. The normalized spacial score (nSPS) is 12.4. The molecule has 0 unspecified atom stereocenters. The van der Waals surface area contributed by atoms with Crippen molar-refractivity contribution in [1.82, 2.24) is 0 Å². The summed E-state index contributed by atoms with van der Waals surface area (Å²) in [5, 5.41) is 8.52. The molecule has 0 aliphatic carbocycles. The highest BCUT2D eigenvalue weighted by Gasteiger charge is 1.99. The van der Waals surface area contributed by atoms with Crippen molar-refractivity contribution in [2.24, 2.45) is 0 Å². The molecule has 0 aromatic carbocycles. The molecular weight excluding hydrogens is 128 g/mol. The molecule has 0 aliphatic rings. The minimum Gasteiger partial charge on any atom is -0.478 e. The molecule has 0 saturated carbocycles. The molecule has 0 radical (unpaired) electrons. The molecular formula is C8H12O2. The molecule has 0 heterocycles. The molecule has 0 amide bonds. The van der Waals surface area contributed by atoms with Crippen molar-refractivity contribution < 1.29 is 9.90 Å². The third kappa shape index (κ3) is 3.07. The zero-order valence-corrected chi connectivity index (χ0v) is 6.29. The third-order valence-corrected chi connectivity index (χ3v) is 1.02. The van der Waals surface area contributed by atoms with Crippen LogP contribution >= 0.6 is 0 Å². The van der Waals surface area contributed by atoms with Crippen molar-refractivity contribution in [2.45, 2.75) is 20.3 Å². The van der Waals surface area contributed by atoms with Crippen LogP contribution in [-0.4, -0.2) is 11.1 Å². The molecule has 1 N–H and O–H groups in total. The fraction of sp³-hybridized carbons (Fsp3) is 0.375. The quantitative estimate of drug-likeness (QED) is 0.480. The van der Waals surface area contributed by atoms with Crippen LogP contribution in [0.3, 0.4) is 0 Å². The van der Waals surface area contributed by atoms with Gasteiger partial charge in [-0.2, -0.15) is 0 Å². The molecule has 0 rings (SSSR count). The summed E-state index contributed by atoms with van der Waals surface area (Å²) in [6.45, 7) is 3.71. The van der Waals surface area contributed by atoms with Crippen LogP contribution in [0.1, 0.15) is 20.3 Å². The van der Waals surface area contributed by atoms with Crippen molar-refractivity contribution in [3.05, 3.63) is 23.8 Å². The van der Waals surface area contributed by atoms with Gasteiger partial charge in [-0.15, -0.1) is 0 Å². The molecule has 0 aliphatic heterocycles. The van der Waals surface area contributed by atoms with Crippen LogP contribution in [0.4, 0.5) is 0 Å². The number of rotatable bonds is 3. The highest BCUT2D eigenvalue weighted by molar-refractivity contribution is 5.89. The Morgan fingerprint density at radius 3 is 2.50 bits per heavy atom. The molecule has 0 fully saturated rings. The number of hydrogen-bond donors (Lipinski definition) is 1. The summed E-state index contributed by atoms with van der Waals surface area (Å²) < 4.78 is 0. The summed E-state index contributed by atoms with van der Waals surface area (Å²) in [4.78, 5) is 10.4. The van der Waals surface area contributed by atoms with E-state index in [4.69, 9.17) is 5.11 Å². The van der Waals surface area contributed by atoms with Crippen molar-refractivity contribution in [3.63, 3.8) is 0 Å². The minimum absolute atomic E-state index is 0.366. The van der Waals surface area contributed by atoms with Gasteiger partial charge in [0.2, 0.25) is 0 Å². The molecule has 56 valence electrons. The second kappa shape index (κ2) is 4.79. The van der Waals surface area contributed by atoms with Gasteiger partial charge in [0.15, 0.2) is 0 Å². The summed E-state index contributed by atoms with van der Waals surface area (Å²) in [5.74, 6) is -0.861. The monoisotopic (exact) mass is 140 g/mol. The van der Waals surface area contributed by atoms with E-state index in [0.717, 1.165) is 6.42 Å². The Morgan fingerprint density at radius 1 is 1.60 bits per heavy atom. The molecule has 10 heavy (non-hydrogen) atoms. The van der Waals surface area contributed by atoms with Crippen molar-refractivity contribution in [3.8, 4) is 0 Å². The van der Waals surface area contributed by atoms with Gasteiger partial charge in [-0.05, 0) is 13.3 Å². The Morgan fingerprint density at radius 2 is 2.20 bits per heavy atom. The van der Waals surface area contributed by atoms with Gasteiger partial charge < -0.3 is 5.11 Å². The zero-order valence-electron chi connectivity index (χ0n) is 6.29. The molecule has 0 saturated heterocycles. The Balaban J connectivity index is 4.26. The van der Waals surface area contributed by atoms with E-state index >= 15 is 0 Å². The molecule has 0 spiro atoms. The van der Waals surface area contributed by atoms with Crippen LogP contribution < -0.4 is 0 Å². The van der Waals surface area contributed by atoms with E-state index in [1.807, 2.05) is 6.92 Å². The lowest BCUT2D eigenvalue weighted by Gasteiger charge is -1.90.